The van der Waals surface area contributed by atoms with E-state index >= 15 is 0 Å². The first-order chi connectivity index (χ1) is 9.72. The zero-order valence-electron chi connectivity index (χ0n) is 13.0. The molecule has 120 valence electrons. The lowest BCUT2D eigenvalue weighted by Crippen LogP contribution is -2.32. The van der Waals surface area contributed by atoms with Gasteiger partial charge in [-0.1, -0.05) is 19.9 Å². The van der Waals surface area contributed by atoms with Crippen molar-refractivity contribution in [2.24, 2.45) is 0 Å². The highest BCUT2D eigenvalue weighted by Gasteiger charge is 2.19. The number of benzene rings is 1. The van der Waals surface area contributed by atoms with Crippen molar-refractivity contribution in [2.75, 3.05) is 27.2 Å². The van der Waals surface area contributed by atoms with E-state index in [4.69, 9.17) is 0 Å². The van der Waals surface area contributed by atoms with Crippen LogP contribution < -0.4 is 10.0 Å². The van der Waals surface area contributed by atoms with Gasteiger partial charge in [-0.25, -0.2) is 17.5 Å². The third-order valence-corrected chi connectivity index (χ3v) is 4.41. The van der Waals surface area contributed by atoms with Crippen molar-refractivity contribution in [3.8, 4) is 0 Å². The highest BCUT2D eigenvalue weighted by Crippen LogP contribution is 2.17. The Morgan fingerprint density at radius 2 is 1.95 bits per heavy atom. The molecule has 0 aromatic heterocycles. The number of hydrogen-bond donors (Lipinski definition) is 2. The van der Waals surface area contributed by atoms with Gasteiger partial charge in [0.2, 0.25) is 10.0 Å². The fraction of sp³-hybridized carbons (Fsp3) is 0.571. The van der Waals surface area contributed by atoms with Crippen molar-refractivity contribution < 1.29 is 12.8 Å². The molecular weight excluding hydrogens is 293 g/mol. The molecule has 21 heavy (non-hydrogen) atoms. The molecule has 1 rings (SSSR count). The maximum absolute atomic E-state index is 13.4. The molecule has 0 aliphatic rings. The summed E-state index contributed by atoms with van der Waals surface area (Å²) in [7, 11) is -0.00241. The molecule has 0 heterocycles. The lowest BCUT2D eigenvalue weighted by Gasteiger charge is -2.15. The Kier molecular flexibility index (Phi) is 6.73. The van der Waals surface area contributed by atoms with Crippen LogP contribution in [0.2, 0.25) is 0 Å². The van der Waals surface area contributed by atoms with Gasteiger partial charge < -0.3 is 10.2 Å². The summed E-state index contributed by atoms with van der Waals surface area (Å²) < 4.78 is 40.5. The zero-order chi connectivity index (χ0) is 16.0. The van der Waals surface area contributed by atoms with E-state index in [9.17, 15) is 12.8 Å². The van der Waals surface area contributed by atoms with Gasteiger partial charge in [-0.15, -0.1) is 0 Å². The maximum Gasteiger partial charge on any atom is 0.241 e. The third-order valence-electron chi connectivity index (χ3n) is 2.87. The summed E-state index contributed by atoms with van der Waals surface area (Å²) in [6, 6.07) is 4.06. The van der Waals surface area contributed by atoms with E-state index in [1.165, 1.54) is 12.1 Å². The van der Waals surface area contributed by atoms with Crippen molar-refractivity contribution in [1.29, 1.82) is 0 Å². The highest BCUT2D eigenvalue weighted by molar-refractivity contribution is 7.89. The van der Waals surface area contributed by atoms with Gasteiger partial charge in [0.05, 0.1) is 4.90 Å². The van der Waals surface area contributed by atoms with Gasteiger partial charge in [-0.05, 0) is 31.8 Å². The SMILES string of the molecule is CC(C)NCc1ccc(F)cc1S(=O)(=O)NCCN(C)C. The second-order valence-corrected chi connectivity index (χ2v) is 7.22. The summed E-state index contributed by atoms with van der Waals surface area (Å²) >= 11 is 0. The van der Waals surface area contributed by atoms with E-state index in [1.807, 2.05) is 32.8 Å². The van der Waals surface area contributed by atoms with E-state index in [0.29, 0.717) is 18.7 Å². The smallest absolute Gasteiger partial charge is 0.241 e. The summed E-state index contributed by atoms with van der Waals surface area (Å²) in [6.07, 6.45) is 0. The molecule has 0 fully saturated rings. The Bertz CT molecular complexity index is 559. The normalized spacial score (nSPS) is 12.3. The minimum Gasteiger partial charge on any atom is -0.310 e. The van der Waals surface area contributed by atoms with E-state index in [2.05, 4.69) is 10.0 Å². The summed E-state index contributed by atoms with van der Waals surface area (Å²) in [6.45, 7) is 5.17. The van der Waals surface area contributed by atoms with Gasteiger partial charge in [0, 0.05) is 25.7 Å². The third kappa shape index (κ3) is 6.09. The van der Waals surface area contributed by atoms with Gasteiger partial charge in [-0.3, -0.25) is 0 Å². The minimum absolute atomic E-state index is 0.00518. The van der Waals surface area contributed by atoms with Gasteiger partial charge in [0.1, 0.15) is 5.82 Å². The Morgan fingerprint density at radius 3 is 2.52 bits per heavy atom. The standard InChI is InChI=1S/C14H24FN3O2S/c1-11(2)16-10-12-5-6-13(15)9-14(12)21(19,20)17-7-8-18(3)4/h5-6,9,11,16-17H,7-8,10H2,1-4H3. The van der Waals surface area contributed by atoms with Gasteiger partial charge >= 0.3 is 0 Å². The molecule has 0 saturated heterocycles. The van der Waals surface area contributed by atoms with Crippen LogP contribution in [0.15, 0.2) is 23.1 Å². The minimum atomic E-state index is -3.71. The molecule has 0 bridgehead atoms. The highest BCUT2D eigenvalue weighted by atomic mass is 32.2. The molecule has 1 aromatic carbocycles. The topological polar surface area (TPSA) is 61.4 Å². The molecule has 0 atom stereocenters. The van der Waals surface area contributed by atoms with Crippen LogP contribution >= 0.6 is 0 Å². The van der Waals surface area contributed by atoms with Crippen molar-refractivity contribution in [2.45, 2.75) is 31.3 Å². The monoisotopic (exact) mass is 317 g/mol. The Balaban J connectivity index is 2.94. The molecule has 0 aliphatic heterocycles. The van der Waals surface area contributed by atoms with Crippen LogP contribution in [0, 0.1) is 5.82 Å². The predicted octanol–water partition coefficient (Wildman–Crippen LogP) is 1.16. The van der Waals surface area contributed by atoms with E-state index in [1.54, 1.807) is 0 Å². The summed E-state index contributed by atoms with van der Waals surface area (Å²) in [4.78, 5) is 1.87. The van der Waals surface area contributed by atoms with Crippen LogP contribution in [0.4, 0.5) is 4.39 Å². The van der Waals surface area contributed by atoms with E-state index in [0.717, 1.165) is 6.07 Å². The van der Waals surface area contributed by atoms with Crippen LogP contribution in [0.25, 0.3) is 0 Å². The first-order valence-electron chi connectivity index (χ1n) is 6.88. The van der Waals surface area contributed by atoms with Gasteiger partial charge in [-0.2, -0.15) is 0 Å². The second kappa shape index (κ2) is 7.84. The number of sulfonamides is 1. The largest absolute Gasteiger partial charge is 0.310 e. The van der Waals surface area contributed by atoms with Crippen molar-refractivity contribution in [3.63, 3.8) is 0 Å². The number of halogens is 1. The quantitative estimate of drug-likeness (QED) is 0.755. The lowest BCUT2D eigenvalue weighted by molar-refractivity contribution is 0.412. The molecular formula is C14H24FN3O2S. The zero-order valence-corrected chi connectivity index (χ0v) is 13.8. The molecule has 2 N–H and O–H groups in total. The van der Waals surface area contributed by atoms with Crippen LogP contribution in [-0.4, -0.2) is 46.5 Å². The first-order valence-corrected chi connectivity index (χ1v) is 8.37. The number of rotatable bonds is 8. The van der Waals surface area contributed by atoms with E-state index < -0.39 is 15.8 Å². The summed E-state index contributed by atoms with van der Waals surface area (Å²) in [5.74, 6) is -0.559. The first kappa shape index (κ1) is 18.0. The average Bonchev–Trinajstić information content (AvgIpc) is 2.36. The molecule has 0 spiro atoms. The number of nitrogens with zero attached hydrogens (tertiary/aromatic N) is 1. The molecule has 7 heteroatoms. The summed E-state index contributed by atoms with van der Waals surface area (Å²) in [5.41, 5.74) is 0.558. The molecule has 0 amide bonds. The van der Waals surface area contributed by atoms with Crippen molar-refractivity contribution in [3.05, 3.63) is 29.6 Å². The molecule has 0 saturated carbocycles. The van der Waals surface area contributed by atoms with E-state index in [-0.39, 0.29) is 17.5 Å². The fourth-order valence-corrected chi connectivity index (χ4v) is 2.99. The molecule has 1 aromatic rings. The Labute approximate surface area is 126 Å². The number of hydrogen-bond acceptors (Lipinski definition) is 4. The molecule has 0 aliphatic carbocycles. The van der Waals surface area contributed by atoms with Crippen molar-refractivity contribution in [1.82, 2.24) is 14.9 Å². The lowest BCUT2D eigenvalue weighted by atomic mass is 10.2. The fourth-order valence-electron chi connectivity index (χ4n) is 1.72. The van der Waals surface area contributed by atoms with Crippen LogP contribution in [0.5, 0.6) is 0 Å². The predicted molar refractivity (Wildman–Crippen MR) is 82.1 cm³/mol. The van der Waals surface area contributed by atoms with Crippen LogP contribution in [0.3, 0.4) is 0 Å². The maximum atomic E-state index is 13.4. The summed E-state index contributed by atoms with van der Waals surface area (Å²) in [5, 5.41) is 3.15. The van der Waals surface area contributed by atoms with Gasteiger partial charge in [0.25, 0.3) is 0 Å². The van der Waals surface area contributed by atoms with Gasteiger partial charge in [0.15, 0.2) is 0 Å². The number of nitrogens with one attached hydrogen (secondary N) is 2. The second-order valence-electron chi connectivity index (χ2n) is 5.49. The Hall–Kier alpha value is -1.02. The van der Waals surface area contributed by atoms with Crippen LogP contribution in [0.1, 0.15) is 19.4 Å². The Morgan fingerprint density at radius 1 is 1.29 bits per heavy atom. The van der Waals surface area contributed by atoms with Crippen LogP contribution in [-0.2, 0) is 16.6 Å². The molecule has 5 nitrogen and oxygen atoms in total. The average molecular weight is 317 g/mol. The van der Waals surface area contributed by atoms with Crippen molar-refractivity contribution >= 4 is 10.0 Å². The molecule has 0 unspecified atom stereocenters. The molecule has 0 radical (unpaired) electrons. The number of likely N-dealkylation sites (N-methyl/N-ethyl adjacent to an activating group) is 1.